The molecule has 1 unspecified atom stereocenters. The molecule has 0 radical (unpaired) electrons. The lowest BCUT2D eigenvalue weighted by molar-refractivity contribution is 0.0679. The highest BCUT2D eigenvalue weighted by molar-refractivity contribution is 5.27. The zero-order chi connectivity index (χ0) is 14.5. The molecule has 0 amide bonds. The van der Waals surface area contributed by atoms with E-state index >= 15 is 0 Å². The molecule has 4 heteroatoms. The van der Waals surface area contributed by atoms with Crippen LogP contribution in [0, 0.1) is 0 Å². The molecule has 2 heterocycles. The van der Waals surface area contributed by atoms with Crippen molar-refractivity contribution in [2.45, 2.75) is 44.4 Å². The monoisotopic (exact) mass is 291 g/mol. The Kier molecular flexibility index (Phi) is 5.12. The number of aliphatic hydroxyl groups is 1. The van der Waals surface area contributed by atoms with Crippen LogP contribution < -0.4 is 4.74 Å². The third kappa shape index (κ3) is 4.43. The smallest absolute Gasteiger partial charge is 0.119 e. The molecule has 1 aromatic rings. The summed E-state index contributed by atoms with van der Waals surface area (Å²) < 4.78 is 11.3. The molecule has 2 aliphatic heterocycles. The van der Waals surface area contributed by atoms with Crippen molar-refractivity contribution in [2.24, 2.45) is 0 Å². The van der Waals surface area contributed by atoms with Gasteiger partial charge < -0.3 is 14.6 Å². The van der Waals surface area contributed by atoms with Gasteiger partial charge in [0, 0.05) is 26.2 Å². The maximum absolute atomic E-state index is 9.52. The summed E-state index contributed by atoms with van der Waals surface area (Å²) in [4.78, 5) is 2.40. The van der Waals surface area contributed by atoms with Crippen LogP contribution in [0.15, 0.2) is 24.3 Å². The Morgan fingerprint density at radius 2 is 1.90 bits per heavy atom. The largest absolute Gasteiger partial charge is 0.491 e. The van der Waals surface area contributed by atoms with Crippen LogP contribution in [0.1, 0.15) is 31.2 Å². The molecule has 4 nitrogen and oxygen atoms in total. The Labute approximate surface area is 126 Å². The second-order valence-electron chi connectivity index (χ2n) is 6.10. The second kappa shape index (κ2) is 7.25. The average molecular weight is 291 g/mol. The van der Waals surface area contributed by atoms with E-state index in [4.69, 9.17) is 9.47 Å². The molecular weight excluding hydrogens is 266 g/mol. The fraction of sp³-hybridized carbons (Fsp3) is 0.647. The first kappa shape index (κ1) is 14.8. The standard InChI is InChI=1S/C17H25NO3/c19-15-7-9-18(10-8-15)12-14-3-5-16(6-4-14)21-13-17-2-1-11-20-17/h3-6,15,17,19H,1-2,7-13H2. The molecule has 21 heavy (non-hydrogen) atoms. The van der Waals surface area contributed by atoms with E-state index in [-0.39, 0.29) is 12.2 Å². The molecule has 116 valence electrons. The Hall–Kier alpha value is -1.10. The Morgan fingerprint density at radius 3 is 2.57 bits per heavy atom. The van der Waals surface area contributed by atoms with E-state index < -0.39 is 0 Å². The van der Waals surface area contributed by atoms with Gasteiger partial charge in [0.25, 0.3) is 0 Å². The van der Waals surface area contributed by atoms with Crippen LogP contribution in [0.5, 0.6) is 5.75 Å². The predicted molar refractivity (Wildman–Crippen MR) is 81.4 cm³/mol. The lowest BCUT2D eigenvalue weighted by Crippen LogP contribution is -2.35. The van der Waals surface area contributed by atoms with Crippen LogP contribution in [0.25, 0.3) is 0 Å². The molecule has 0 aromatic heterocycles. The van der Waals surface area contributed by atoms with Crippen molar-refractivity contribution in [1.82, 2.24) is 4.90 Å². The Balaban J connectivity index is 1.45. The number of hydrogen-bond acceptors (Lipinski definition) is 4. The van der Waals surface area contributed by atoms with E-state index in [1.807, 2.05) is 12.1 Å². The molecule has 2 fully saturated rings. The average Bonchev–Trinajstić information content (AvgIpc) is 3.02. The fourth-order valence-corrected chi connectivity index (χ4v) is 2.99. The number of ether oxygens (including phenoxy) is 2. The minimum Gasteiger partial charge on any atom is -0.491 e. The van der Waals surface area contributed by atoms with E-state index in [1.54, 1.807) is 0 Å². The van der Waals surface area contributed by atoms with Gasteiger partial charge in [-0.15, -0.1) is 0 Å². The van der Waals surface area contributed by atoms with E-state index in [9.17, 15) is 5.11 Å². The summed E-state index contributed by atoms with van der Waals surface area (Å²) in [6.07, 6.45) is 4.21. The molecule has 2 aliphatic rings. The third-order valence-electron chi connectivity index (χ3n) is 4.35. The van der Waals surface area contributed by atoms with Crippen molar-refractivity contribution in [1.29, 1.82) is 0 Å². The van der Waals surface area contributed by atoms with E-state index in [0.717, 1.165) is 57.7 Å². The summed E-state index contributed by atoms with van der Waals surface area (Å²) in [6, 6.07) is 8.36. The first-order valence-electron chi connectivity index (χ1n) is 8.03. The highest BCUT2D eigenvalue weighted by atomic mass is 16.5. The van der Waals surface area contributed by atoms with Gasteiger partial charge in [0.15, 0.2) is 0 Å². The summed E-state index contributed by atoms with van der Waals surface area (Å²) >= 11 is 0. The molecular formula is C17H25NO3. The van der Waals surface area contributed by atoms with Crippen molar-refractivity contribution in [2.75, 3.05) is 26.3 Å². The van der Waals surface area contributed by atoms with Crippen molar-refractivity contribution < 1.29 is 14.6 Å². The summed E-state index contributed by atoms with van der Waals surface area (Å²) in [6.45, 7) is 4.45. The number of piperidine rings is 1. The number of hydrogen-bond donors (Lipinski definition) is 1. The molecule has 1 N–H and O–H groups in total. The van der Waals surface area contributed by atoms with Gasteiger partial charge in [-0.3, -0.25) is 4.90 Å². The second-order valence-corrected chi connectivity index (χ2v) is 6.10. The summed E-state index contributed by atoms with van der Waals surface area (Å²) in [5, 5.41) is 9.52. The quantitative estimate of drug-likeness (QED) is 0.903. The van der Waals surface area contributed by atoms with E-state index in [2.05, 4.69) is 17.0 Å². The highest BCUT2D eigenvalue weighted by Gasteiger charge is 2.17. The van der Waals surface area contributed by atoms with Crippen LogP contribution >= 0.6 is 0 Å². The predicted octanol–water partition coefficient (Wildman–Crippen LogP) is 2.20. The lowest BCUT2D eigenvalue weighted by Gasteiger charge is -2.29. The maximum Gasteiger partial charge on any atom is 0.119 e. The van der Waals surface area contributed by atoms with Crippen molar-refractivity contribution >= 4 is 0 Å². The third-order valence-corrected chi connectivity index (χ3v) is 4.35. The minimum atomic E-state index is -0.102. The molecule has 0 saturated carbocycles. The van der Waals surface area contributed by atoms with Gasteiger partial charge in [-0.25, -0.2) is 0 Å². The highest BCUT2D eigenvalue weighted by Crippen LogP contribution is 2.18. The van der Waals surface area contributed by atoms with Gasteiger partial charge >= 0.3 is 0 Å². The number of benzene rings is 1. The first-order valence-corrected chi connectivity index (χ1v) is 8.03. The summed E-state index contributed by atoms with van der Waals surface area (Å²) in [5.74, 6) is 0.920. The zero-order valence-electron chi connectivity index (χ0n) is 12.5. The molecule has 1 aromatic carbocycles. The van der Waals surface area contributed by atoms with Crippen molar-refractivity contribution in [3.8, 4) is 5.75 Å². The van der Waals surface area contributed by atoms with Gasteiger partial charge in [-0.05, 0) is 43.4 Å². The van der Waals surface area contributed by atoms with Crippen LogP contribution in [0.4, 0.5) is 0 Å². The summed E-state index contributed by atoms with van der Waals surface area (Å²) in [5.41, 5.74) is 1.30. The molecule has 1 atom stereocenters. The molecule has 0 bridgehead atoms. The van der Waals surface area contributed by atoms with Gasteiger partial charge in [0.05, 0.1) is 12.2 Å². The van der Waals surface area contributed by atoms with Crippen molar-refractivity contribution in [3.63, 3.8) is 0 Å². The lowest BCUT2D eigenvalue weighted by atomic mass is 10.1. The SMILES string of the molecule is OC1CCN(Cc2ccc(OCC3CCCO3)cc2)CC1. The number of rotatable bonds is 5. The fourth-order valence-electron chi connectivity index (χ4n) is 2.99. The number of nitrogens with zero attached hydrogens (tertiary/aromatic N) is 1. The minimum absolute atomic E-state index is 0.102. The Bertz CT molecular complexity index is 420. The summed E-state index contributed by atoms with van der Waals surface area (Å²) in [7, 11) is 0. The molecule has 0 aliphatic carbocycles. The van der Waals surface area contributed by atoms with Crippen LogP contribution in [-0.2, 0) is 11.3 Å². The van der Waals surface area contributed by atoms with Gasteiger partial charge in [-0.1, -0.05) is 12.1 Å². The molecule has 2 saturated heterocycles. The Morgan fingerprint density at radius 1 is 1.14 bits per heavy atom. The van der Waals surface area contributed by atoms with E-state index in [0.29, 0.717) is 6.61 Å². The first-order chi connectivity index (χ1) is 10.3. The molecule has 3 rings (SSSR count). The van der Waals surface area contributed by atoms with Gasteiger partial charge in [-0.2, -0.15) is 0 Å². The van der Waals surface area contributed by atoms with Crippen LogP contribution in [-0.4, -0.2) is 48.5 Å². The normalized spacial score (nSPS) is 24.3. The van der Waals surface area contributed by atoms with Gasteiger partial charge in [0.2, 0.25) is 0 Å². The number of aliphatic hydroxyl groups excluding tert-OH is 1. The number of likely N-dealkylation sites (tertiary alicyclic amines) is 1. The maximum atomic E-state index is 9.52. The van der Waals surface area contributed by atoms with Gasteiger partial charge in [0.1, 0.15) is 12.4 Å². The van der Waals surface area contributed by atoms with E-state index in [1.165, 1.54) is 5.56 Å². The zero-order valence-corrected chi connectivity index (χ0v) is 12.5. The van der Waals surface area contributed by atoms with Crippen LogP contribution in [0.2, 0.25) is 0 Å². The van der Waals surface area contributed by atoms with Crippen LogP contribution in [0.3, 0.4) is 0 Å². The molecule has 0 spiro atoms. The van der Waals surface area contributed by atoms with Crippen molar-refractivity contribution in [3.05, 3.63) is 29.8 Å². The topological polar surface area (TPSA) is 41.9 Å².